The number of carbonyl (C=O) groups excluding carboxylic acids is 1. The number of hydrogen-bond donors (Lipinski definition) is 2. The second-order valence-corrected chi connectivity index (χ2v) is 4.21. The van der Waals surface area contributed by atoms with E-state index in [1.54, 1.807) is 12.1 Å². The normalized spacial score (nSPS) is 10.1. The number of rotatable bonds is 3. The molecular weight excluding hydrogens is 268 g/mol. The number of hydrogen-bond acceptors (Lipinski definition) is 1. The van der Waals surface area contributed by atoms with Gasteiger partial charge in [0.05, 0.1) is 6.54 Å². The molecule has 0 fully saturated rings. The molecule has 0 saturated carbocycles. The Balaban J connectivity index is 1.97. The van der Waals surface area contributed by atoms with Gasteiger partial charge in [0.1, 0.15) is 0 Å². The van der Waals surface area contributed by atoms with Crippen LogP contribution < -0.4 is 5.32 Å². The maximum Gasteiger partial charge on any atom is 0.251 e. The Hall–Kier alpha value is -1.55. The van der Waals surface area contributed by atoms with Gasteiger partial charge >= 0.3 is 0 Å². The topological polar surface area (TPSA) is 44.9 Å². The van der Waals surface area contributed by atoms with Crippen LogP contribution in [0.1, 0.15) is 16.1 Å². The highest BCUT2D eigenvalue weighted by Gasteiger charge is 2.05. The van der Waals surface area contributed by atoms with E-state index in [4.69, 9.17) is 0 Å². The van der Waals surface area contributed by atoms with Crippen LogP contribution in [0.5, 0.6) is 0 Å². The van der Waals surface area contributed by atoms with Crippen molar-refractivity contribution in [3.63, 3.8) is 0 Å². The maximum absolute atomic E-state index is 11.7. The van der Waals surface area contributed by atoms with Gasteiger partial charge in [0.15, 0.2) is 0 Å². The molecule has 16 heavy (non-hydrogen) atoms. The molecule has 0 saturated heterocycles. The number of carbonyl (C=O) groups is 1. The van der Waals surface area contributed by atoms with Gasteiger partial charge < -0.3 is 10.3 Å². The number of benzene rings is 1. The summed E-state index contributed by atoms with van der Waals surface area (Å²) in [6.45, 7) is 0.487. The van der Waals surface area contributed by atoms with Crippen molar-refractivity contribution in [2.45, 2.75) is 6.54 Å². The van der Waals surface area contributed by atoms with Crippen molar-refractivity contribution in [3.05, 3.63) is 58.3 Å². The van der Waals surface area contributed by atoms with E-state index in [1.165, 1.54) is 0 Å². The van der Waals surface area contributed by atoms with E-state index in [-0.39, 0.29) is 5.91 Å². The largest absolute Gasteiger partial charge is 0.363 e. The van der Waals surface area contributed by atoms with Crippen molar-refractivity contribution < 1.29 is 4.79 Å². The first-order chi connectivity index (χ1) is 7.77. The van der Waals surface area contributed by atoms with Gasteiger partial charge in [0, 0.05) is 21.9 Å². The van der Waals surface area contributed by atoms with Crippen LogP contribution in [0, 0.1) is 0 Å². The van der Waals surface area contributed by atoms with Crippen molar-refractivity contribution in [1.29, 1.82) is 0 Å². The fourth-order valence-electron chi connectivity index (χ4n) is 1.38. The summed E-state index contributed by atoms with van der Waals surface area (Å²) in [5.41, 5.74) is 1.63. The Morgan fingerprint density at radius 2 is 2.00 bits per heavy atom. The van der Waals surface area contributed by atoms with Crippen molar-refractivity contribution in [1.82, 2.24) is 10.3 Å². The third kappa shape index (κ3) is 2.52. The first kappa shape index (κ1) is 11.0. The maximum atomic E-state index is 11.7. The number of H-pyrrole nitrogens is 1. The standard InChI is InChI=1S/C12H11BrN2O/c13-10-6-7-14-11(10)8-15-12(16)9-4-2-1-3-5-9/h1-7,14H,8H2,(H,15,16). The molecule has 0 aliphatic rings. The average Bonchev–Trinajstić information content (AvgIpc) is 2.73. The Kier molecular flexibility index (Phi) is 3.41. The van der Waals surface area contributed by atoms with Crippen LogP contribution in [0.4, 0.5) is 0 Å². The second kappa shape index (κ2) is 4.99. The van der Waals surface area contributed by atoms with Crippen LogP contribution >= 0.6 is 15.9 Å². The molecule has 0 bridgehead atoms. The predicted molar refractivity (Wildman–Crippen MR) is 66.1 cm³/mol. The summed E-state index contributed by atoms with van der Waals surface area (Å²) < 4.78 is 0.973. The number of nitrogens with one attached hydrogen (secondary N) is 2. The molecule has 1 amide bonds. The summed E-state index contributed by atoms with van der Waals surface area (Å²) in [6.07, 6.45) is 1.83. The van der Waals surface area contributed by atoms with E-state index in [0.717, 1.165) is 10.2 Å². The molecule has 0 aliphatic heterocycles. The smallest absolute Gasteiger partial charge is 0.251 e. The van der Waals surface area contributed by atoms with Crippen molar-refractivity contribution in [2.75, 3.05) is 0 Å². The number of amides is 1. The van der Waals surface area contributed by atoms with E-state index in [0.29, 0.717) is 12.1 Å². The molecule has 3 nitrogen and oxygen atoms in total. The van der Waals surface area contributed by atoms with E-state index in [9.17, 15) is 4.79 Å². The van der Waals surface area contributed by atoms with E-state index in [2.05, 4.69) is 26.2 Å². The molecule has 0 aliphatic carbocycles. The van der Waals surface area contributed by atoms with Crippen LogP contribution in [-0.2, 0) is 6.54 Å². The molecule has 4 heteroatoms. The zero-order valence-electron chi connectivity index (χ0n) is 8.53. The zero-order chi connectivity index (χ0) is 11.4. The lowest BCUT2D eigenvalue weighted by molar-refractivity contribution is 0.0950. The molecule has 2 N–H and O–H groups in total. The predicted octanol–water partition coefficient (Wildman–Crippen LogP) is 2.71. The quantitative estimate of drug-likeness (QED) is 0.891. The summed E-state index contributed by atoms with van der Waals surface area (Å²) in [5.74, 6) is -0.0675. The van der Waals surface area contributed by atoms with Crippen LogP contribution in [0.25, 0.3) is 0 Å². The third-order valence-electron chi connectivity index (χ3n) is 2.24. The monoisotopic (exact) mass is 278 g/mol. The van der Waals surface area contributed by atoms with Gasteiger partial charge in [-0.3, -0.25) is 4.79 Å². The molecule has 0 unspecified atom stereocenters. The number of aromatic nitrogens is 1. The van der Waals surface area contributed by atoms with Crippen molar-refractivity contribution in [3.8, 4) is 0 Å². The highest BCUT2D eigenvalue weighted by Crippen LogP contribution is 2.13. The Morgan fingerprint density at radius 1 is 1.25 bits per heavy atom. The summed E-state index contributed by atoms with van der Waals surface area (Å²) in [4.78, 5) is 14.8. The first-order valence-electron chi connectivity index (χ1n) is 4.92. The molecule has 0 spiro atoms. The van der Waals surface area contributed by atoms with Crippen LogP contribution in [0.3, 0.4) is 0 Å². The van der Waals surface area contributed by atoms with Gasteiger partial charge in [-0.1, -0.05) is 18.2 Å². The average molecular weight is 279 g/mol. The minimum Gasteiger partial charge on any atom is -0.363 e. The fourth-order valence-corrected chi connectivity index (χ4v) is 1.77. The van der Waals surface area contributed by atoms with Crippen LogP contribution in [-0.4, -0.2) is 10.9 Å². The highest BCUT2D eigenvalue weighted by atomic mass is 79.9. The number of halogens is 1. The zero-order valence-corrected chi connectivity index (χ0v) is 10.1. The van der Waals surface area contributed by atoms with Gasteiger partial charge in [0.25, 0.3) is 5.91 Å². The summed E-state index contributed by atoms with van der Waals surface area (Å²) in [5, 5.41) is 2.84. The molecule has 1 aromatic heterocycles. The third-order valence-corrected chi connectivity index (χ3v) is 2.98. The molecule has 0 radical (unpaired) electrons. The lowest BCUT2D eigenvalue weighted by atomic mass is 10.2. The Morgan fingerprint density at radius 3 is 2.62 bits per heavy atom. The minimum atomic E-state index is -0.0675. The second-order valence-electron chi connectivity index (χ2n) is 3.35. The summed E-state index contributed by atoms with van der Waals surface area (Å²) >= 11 is 3.39. The molecule has 1 heterocycles. The molecule has 0 atom stereocenters. The Bertz CT molecular complexity index is 479. The van der Waals surface area contributed by atoms with Crippen molar-refractivity contribution >= 4 is 21.8 Å². The lowest BCUT2D eigenvalue weighted by Gasteiger charge is -2.04. The highest BCUT2D eigenvalue weighted by molar-refractivity contribution is 9.10. The minimum absolute atomic E-state index is 0.0675. The summed E-state index contributed by atoms with van der Waals surface area (Å²) in [7, 11) is 0. The first-order valence-corrected chi connectivity index (χ1v) is 5.71. The van der Waals surface area contributed by atoms with Crippen LogP contribution in [0.2, 0.25) is 0 Å². The van der Waals surface area contributed by atoms with Gasteiger partial charge in [0.2, 0.25) is 0 Å². The lowest BCUT2D eigenvalue weighted by Crippen LogP contribution is -2.22. The van der Waals surface area contributed by atoms with E-state index in [1.807, 2.05) is 30.5 Å². The molecule has 2 aromatic rings. The van der Waals surface area contributed by atoms with Gasteiger partial charge in [-0.2, -0.15) is 0 Å². The number of aromatic amines is 1. The molecule has 82 valence electrons. The van der Waals surface area contributed by atoms with Gasteiger partial charge in [-0.25, -0.2) is 0 Å². The van der Waals surface area contributed by atoms with Gasteiger partial charge in [-0.05, 0) is 34.1 Å². The van der Waals surface area contributed by atoms with Crippen molar-refractivity contribution in [2.24, 2.45) is 0 Å². The SMILES string of the molecule is O=C(NCc1[nH]ccc1Br)c1ccccc1. The van der Waals surface area contributed by atoms with Gasteiger partial charge in [-0.15, -0.1) is 0 Å². The van der Waals surface area contributed by atoms with Crippen LogP contribution in [0.15, 0.2) is 47.1 Å². The van der Waals surface area contributed by atoms with E-state index < -0.39 is 0 Å². The summed E-state index contributed by atoms with van der Waals surface area (Å²) in [6, 6.07) is 11.1. The molecule has 2 rings (SSSR count). The Labute approximate surface area is 102 Å². The molecule has 1 aromatic carbocycles. The van der Waals surface area contributed by atoms with E-state index >= 15 is 0 Å². The molecular formula is C12H11BrN2O. The fraction of sp³-hybridized carbons (Fsp3) is 0.0833.